The van der Waals surface area contributed by atoms with E-state index in [1.165, 1.54) is 19.4 Å². The molecule has 0 aliphatic carbocycles. The summed E-state index contributed by atoms with van der Waals surface area (Å²) in [4.78, 5) is 11.6. The highest BCUT2D eigenvalue weighted by molar-refractivity contribution is 6.30. The molecular formula is C22H21ClFN3O3. The van der Waals surface area contributed by atoms with Crippen LogP contribution < -0.4 is 20.1 Å². The topological polar surface area (TPSA) is 77.3 Å². The monoisotopic (exact) mass is 429 g/mol. The molecule has 2 amide bonds. The number of aromatic nitrogens is 1. The number of halogens is 2. The molecule has 0 saturated carbocycles. The Hall–Kier alpha value is -3.32. The average molecular weight is 430 g/mol. The molecule has 1 aromatic heterocycles. The van der Waals surface area contributed by atoms with E-state index in [4.69, 9.17) is 16.3 Å². The third-order valence-corrected chi connectivity index (χ3v) is 4.70. The lowest BCUT2D eigenvalue weighted by molar-refractivity contribution is -0.590. The number of benzene rings is 2. The van der Waals surface area contributed by atoms with Crippen molar-refractivity contribution in [2.75, 3.05) is 19.0 Å². The lowest BCUT2D eigenvalue weighted by Gasteiger charge is -2.14. The number of anilines is 1. The van der Waals surface area contributed by atoms with Gasteiger partial charge in [0.25, 0.3) is 5.82 Å². The fraction of sp³-hybridized carbons (Fsp3) is 0.182. The molecule has 0 spiro atoms. The number of amides is 2. The molecular weight excluding hydrogens is 409 g/mol. The Morgan fingerprint density at radius 3 is 2.70 bits per heavy atom. The number of pyridine rings is 1. The summed E-state index contributed by atoms with van der Waals surface area (Å²) in [5, 5.41) is 17.7. The molecule has 1 heterocycles. The smallest absolute Gasteiger partial charge is 0.406 e. The van der Waals surface area contributed by atoms with Crippen LogP contribution in [0.15, 0.2) is 54.7 Å². The molecule has 0 radical (unpaired) electrons. The van der Waals surface area contributed by atoms with Crippen molar-refractivity contribution in [3.05, 3.63) is 81.9 Å². The van der Waals surface area contributed by atoms with Gasteiger partial charge in [-0.1, -0.05) is 29.8 Å². The molecule has 6 nitrogen and oxygen atoms in total. The van der Waals surface area contributed by atoms with Crippen molar-refractivity contribution in [2.24, 2.45) is 0 Å². The maximum absolute atomic E-state index is 15.4. The Morgan fingerprint density at radius 1 is 1.23 bits per heavy atom. The van der Waals surface area contributed by atoms with Gasteiger partial charge in [-0.15, -0.1) is 0 Å². The van der Waals surface area contributed by atoms with E-state index >= 15 is 4.39 Å². The van der Waals surface area contributed by atoms with Crippen LogP contribution in [0.1, 0.15) is 18.1 Å². The van der Waals surface area contributed by atoms with Crippen LogP contribution >= 0.6 is 11.6 Å². The van der Waals surface area contributed by atoms with E-state index in [0.717, 1.165) is 0 Å². The van der Waals surface area contributed by atoms with Crippen molar-refractivity contribution in [1.82, 2.24) is 5.32 Å². The quantitative estimate of drug-likeness (QED) is 0.446. The number of nitrogens with zero attached hydrogens (tertiary/aromatic N) is 1. The summed E-state index contributed by atoms with van der Waals surface area (Å²) >= 11 is 6.06. The summed E-state index contributed by atoms with van der Waals surface area (Å²) in [6.45, 7) is 2.21. The minimum absolute atomic E-state index is 0.0829. The van der Waals surface area contributed by atoms with Crippen LogP contribution in [-0.4, -0.2) is 19.7 Å². The third kappa shape index (κ3) is 4.80. The molecule has 3 aromatic rings. The van der Waals surface area contributed by atoms with Gasteiger partial charge in [0.05, 0.1) is 18.9 Å². The van der Waals surface area contributed by atoms with E-state index in [2.05, 4.69) is 10.6 Å². The Bertz CT molecular complexity index is 1080. The molecule has 0 fully saturated rings. The zero-order valence-electron chi connectivity index (χ0n) is 16.5. The number of hydrogen-bond acceptors (Lipinski definition) is 3. The molecule has 0 atom stereocenters. The normalized spacial score (nSPS) is 10.5. The Balaban J connectivity index is 1.91. The van der Waals surface area contributed by atoms with Crippen LogP contribution in [0.2, 0.25) is 5.02 Å². The molecule has 2 N–H and O–H groups in total. The van der Waals surface area contributed by atoms with Gasteiger partial charge in [0.1, 0.15) is 11.6 Å². The van der Waals surface area contributed by atoms with E-state index in [1.54, 1.807) is 49.4 Å². The standard InChI is InChI=1S/C22H21ClFN3O3/c1-3-25-22(28)26-19-10-7-14(13-27(19)29)11-16-8-9-18(30-2)20(21(16)24)15-5-4-6-17(23)12-15/h4-10,12-13H,3,11H2,1-2H3,(H2,25,26,28). The van der Waals surface area contributed by atoms with E-state index in [0.29, 0.717) is 44.3 Å². The average Bonchev–Trinajstić information content (AvgIpc) is 2.71. The summed E-state index contributed by atoms with van der Waals surface area (Å²) in [5.74, 6) is 0.0250. The number of carbonyl (C=O) groups excluding carboxylic acids is 1. The molecule has 30 heavy (non-hydrogen) atoms. The zero-order chi connectivity index (χ0) is 21.7. The van der Waals surface area contributed by atoms with Crippen molar-refractivity contribution in [3.63, 3.8) is 0 Å². The van der Waals surface area contributed by atoms with Gasteiger partial charge in [-0.05, 0) is 47.9 Å². The van der Waals surface area contributed by atoms with Gasteiger partial charge in [0.15, 0.2) is 0 Å². The second kappa shape index (κ2) is 9.45. The van der Waals surface area contributed by atoms with Crippen LogP contribution in [0, 0.1) is 11.0 Å². The number of methoxy groups -OCH3 is 1. The number of urea groups is 1. The number of carbonyl (C=O) groups is 1. The van der Waals surface area contributed by atoms with Crippen LogP contribution in [0.3, 0.4) is 0 Å². The van der Waals surface area contributed by atoms with E-state index < -0.39 is 11.8 Å². The third-order valence-electron chi connectivity index (χ3n) is 4.47. The Morgan fingerprint density at radius 2 is 2.03 bits per heavy atom. The first-order valence-corrected chi connectivity index (χ1v) is 9.69. The van der Waals surface area contributed by atoms with Gasteiger partial charge in [0.2, 0.25) is 0 Å². The van der Waals surface area contributed by atoms with Crippen LogP contribution in [0.4, 0.5) is 15.0 Å². The van der Waals surface area contributed by atoms with Gasteiger partial charge in [-0.3, -0.25) is 0 Å². The molecule has 0 aliphatic rings. The number of nitrogens with one attached hydrogen (secondary N) is 2. The summed E-state index contributed by atoms with van der Waals surface area (Å²) < 4.78 is 21.3. The Labute approximate surface area is 178 Å². The lowest BCUT2D eigenvalue weighted by Crippen LogP contribution is -2.37. The first kappa shape index (κ1) is 21.4. The van der Waals surface area contributed by atoms with Gasteiger partial charge in [-0.25, -0.2) is 13.9 Å². The summed E-state index contributed by atoms with van der Waals surface area (Å²) in [6.07, 6.45) is 1.50. The SMILES string of the molecule is CCNC(=O)Nc1ccc(Cc2ccc(OC)c(-c3cccc(Cl)c3)c2F)c[n+]1[O-]. The maximum Gasteiger partial charge on any atom is 0.406 e. The van der Waals surface area contributed by atoms with Crippen LogP contribution in [-0.2, 0) is 6.42 Å². The van der Waals surface area contributed by atoms with Crippen molar-refractivity contribution in [3.8, 4) is 16.9 Å². The summed E-state index contributed by atoms with van der Waals surface area (Å²) in [6, 6.07) is 12.9. The van der Waals surface area contributed by atoms with Crippen molar-refractivity contribution < 1.29 is 18.7 Å². The second-order valence-corrected chi connectivity index (χ2v) is 6.97. The van der Waals surface area contributed by atoms with Crippen LogP contribution in [0.25, 0.3) is 11.1 Å². The zero-order valence-corrected chi connectivity index (χ0v) is 17.3. The van der Waals surface area contributed by atoms with Gasteiger partial charge >= 0.3 is 6.03 Å². The first-order valence-electron chi connectivity index (χ1n) is 9.31. The predicted octanol–water partition coefficient (Wildman–Crippen LogP) is 4.52. The fourth-order valence-electron chi connectivity index (χ4n) is 3.09. The predicted molar refractivity (Wildman–Crippen MR) is 114 cm³/mol. The highest BCUT2D eigenvalue weighted by Gasteiger charge is 2.18. The second-order valence-electron chi connectivity index (χ2n) is 6.54. The minimum Gasteiger partial charge on any atom is -0.711 e. The first-order chi connectivity index (χ1) is 14.4. The molecule has 0 unspecified atom stereocenters. The fourth-order valence-corrected chi connectivity index (χ4v) is 3.28. The van der Waals surface area contributed by atoms with E-state index in [9.17, 15) is 10.0 Å². The number of rotatable bonds is 6. The summed E-state index contributed by atoms with van der Waals surface area (Å²) in [5.41, 5.74) is 1.89. The van der Waals surface area contributed by atoms with Gasteiger partial charge < -0.3 is 15.3 Å². The van der Waals surface area contributed by atoms with Crippen molar-refractivity contribution in [2.45, 2.75) is 13.3 Å². The molecule has 8 heteroatoms. The molecule has 0 bridgehead atoms. The van der Waals surface area contributed by atoms with E-state index in [-0.39, 0.29) is 12.2 Å². The molecule has 0 saturated heterocycles. The van der Waals surface area contributed by atoms with Gasteiger partial charge in [0, 0.05) is 24.1 Å². The van der Waals surface area contributed by atoms with E-state index in [1.807, 2.05) is 0 Å². The highest BCUT2D eigenvalue weighted by atomic mass is 35.5. The van der Waals surface area contributed by atoms with Crippen molar-refractivity contribution >= 4 is 23.4 Å². The largest absolute Gasteiger partial charge is 0.711 e. The minimum atomic E-state index is -0.470. The number of hydrogen-bond donors (Lipinski definition) is 2. The van der Waals surface area contributed by atoms with Crippen molar-refractivity contribution in [1.29, 1.82) is 0 Å². The van der Waals surface area contributed by atoms with Crippen LogP contribution in [0.5, 0.6) is 5.75 Å². The maximum atomic E-state index is 15.4. The summed E-state index contributed by atoms with van der Waals surface area (Å²) in [7, 11) is 1.48. The number of ether oxygens (including phenoxy) is 1. The highest BCUT2D eigenvalue weighted by Crippen LogP contribution is 2.36. The van der Waals surface area contributed by atoms with Gasteiger partial charge in [-0.2, -0.15) is 5.32 Å². The molecule has 156 valence electrons. The molecule has 0 aliphatic heterocycles. The molecule has 2 aromatic carbocycles. The molecule has 3 rings (SSSR count). The Kier molecular flexibility index (Phi) is 6.74. The lowest BCUT2D eigenvalue weighted by atomic mass is 9.97.